The minimum Gasteiger partial charge on any atom is -0.334 e. The number of carbonyl (C=O) groups is 1. The molecule has 0 aliphatic carbocycles. The minimum absolute atomic E-state index is 0.175. The van der Waals surface area contributed by atoms with E-state index in [2.05, 4.69) is 15.5 Å². The highest BCUT2D eigenvalue weighted by atomic mass is 19.1. The van der Waals surface area contributed by atoms with Crippen LogP contribution < -0.4 is 10.6 Å². The Morgan fingerprint density at radius 1 is 1.13 bits per heavy atom. The Balaban J connectivity index is 1.91. The van der Waals surface area contributed by atoms with Gasteiger partial charge in [0.2, 0.25) is 0 Å². The standard InChI is InChI=1S/C18H22FN3O/c1-13-7-8-17(16(19)9-13)21-18(23)20-11-14-5-4-6-15(10-14)12-22(2)3/h4-10H,11-12H2,1-3H3,(H2,20,21,23). The van der Waals surface area contributed by atoms with E-state index < -0.39 is 11.8 Å². The first kappa shape index (κ1) is 17.0. The van der Waals surface area contributed by atoms with Crippen molar-refractivity contribution in [2.45, 2.75) is 20.0 Å². The van der Waals surface area contributed by atoms with Crippen molar-refractivity contribution in [1.82, 2.24) is 10.2 Å². The predicted molar refractivity (Wildman–Crippen MR) is 90.8 cm³/mol. The Morgan fingerprint density at radius 2 is 1.87 bits per heavy atom. The minimum atomic E-state index is -0.437. The molecule has 2 aromatic carbocycles. The van der Waals surface area contributed by atoms with Crippen molar-refractivity contribution in [3.05, 3.63) is 65.0 Å². The first-order valence-electron chi connectivity index (χ1n) is 7.47. The molecule has 0 atom stereocenters. The average Bonchev–Trinajstić information content (AvgIpc) is 2.48. The molecule has 0 radical (unpaired) electrons. The summed E-state index contributed by atoms with van der Waals surface area (Å²) in [7, 11) is 4.02. The Morgan fingerprint density at radius 3 is 2.57 bits per heavy atom. The quantitative estimate of drug-likeness (QED) is 0.887. The van der Waals surface area contributed by atoms with Gasteiger partial charge in [0, 0.05) is 13.1 Å². The van der Waals surface area contributed by atoms with Gasteiger partial charge in [-0.3, -0.25) is 0 Å². The van der Waals surface area contributed by atoms with Crippen LogP contribution in [0.15, 0.2) is 42.5 Å². The summed E-state index contributed by atoms with van der Waals surface area (Å²) < 4.78 is 13.7. The molecule has 0 aliphatic rings. The van der Waals surface area contributed by atoms with E-state index in [1.54, 1.807) is 19.1 Å². The van der Waals surface area contributed by atoms with Crippen molar-refractivity contribution in [1.29, 1.82) is 0 Å². The Labute approximate surface area is 136 Å². The molecule has 0 spiro atoms. The summed E-state index contributed by atoms with van der Waals surface area (Å²) in [6, 6.07) is 12.3. The van der Waals surface area contributed by atoms with Crippen LogP contribution in [0.25, 0.3) is 0 Å². The van der Waals surface area contributed by atoms with Gasteiger partial charge in [0.15, 0.2) is 0 Å². The van der Waals surface area contributed by atoms with E-state index in [0.29, 0.717) is 6.54 Å². The van der Waals surface area contributed by atoms with Gasteiger partial charge >= 0.3 is 6.03 Å². The van der Waals surface area contributed by atoms with Gasteiger partial charge in [-0.25, -0.2) is 9.18 Å². The smallest absolute Gasteiger partial charge is 0.319 e. The highest BCUT2D eigenvalue weighted by Crippen LogP contribution is 2.15. The van der Waals surface area contributed by atoms with Crippen molar-refractivity contribution in [2.24, 2.45) is 0 Å². The zero-order valence-electron chi connectivity index (χ0n) is 13.7. The normalized spacial score (nSPS) is 10.7. The van der Waals surface area contributed by atoms with E-state index in [0.717, 1.165) is 17.7 Å². The number of amides is 2. The fourth-order valence-corrected chi connectivity index (χ4v) is 2.27. The second-order valence-electron chi connectivity index (χ2n) is 5.85. The Kier molecular flexibility index (Phi) is 5.71. The predicted octanol–water partition coefficient (Wildman–Crippen LogP) is 3.52. The second kappa shape index (κ2) is 7.74. The largest absolute Gasteiger partial charge is 0.334 e. The van der Waals surface area contributed by atoms with Crippen LogP contribution in [0.5, 0.6) is 0 Å². The van der Waals surface area contributed by atoms with Crippen LogP contribution >= 0.6 is 0 Å². The third kappa shape index (κ3) is 5.38. The van der Waals surface area contributed by atoms with E-state index in [1.807, 2.05) is 38.4 Å². The van der Waals surface area contributed by atoms with E-state index in [9.17, 15) is 9.18 Å². The number of benzene rings is 2. The van der Waals surface area contributed by atoms with Gasteiger partial charge in [0.05, 0.1) is 5.69 Å². The lowest BCUT2D eigenvalue weighted by Gasteiger charge is -2.12. The lowest BCUT2D eigenvalue weighted by molar-refractivity contribution is 0.251. The highest BCUT2D eigenvalue weighted by molar-refractivity contribution is 5.89. The Hall–Kier alpha value is -2.40. The van der Waals surface area contributed by atoms with Crippen LogP contribution in [0.1, 0.15) is 16.7 Å². The maximum absolute atomic E-state index is 13.7. The van der Waals surface area contributed by atoms with Crippen molar-refractivity contribution < 1.29 is 9.18 Å². The summed E-state index contributed by atoms with van der Waals surface area (Å²) in [5.74, 6) is -0.437. The molecule has 0 aliphatic heterocycles. The molecule has 2 rings (SSSR count). The number of hydrogen-bond acceptors (Lipinski definition) is 2. The maximum Gasteiger partial charge on any atom is 0.319 e. The SMILES string of the molecule is Cc1ccc(NC(=O)NCc2cccc(CN(C)C)c2)c(F)c1. The molecule has 0 heterocycles. The number of halogens is 1. The summed E-state index contributed by atoms with van der Waals surface area (Å²) in [4.78, 5) is 14.0. The number of nitrogens with zero attached hydrogens (tertiary/aromatic N) is 1. The van der Waals surface area contributed by atoms with Gasteiger partial charge in [-0.05, 0) is 49.8 Å². The van der Waals surface area contributed by atoms with E-state index >= 15 is 0 Å². The molecule has 0 saturated carbocycles. The molecular weight excluding hydrogens is 293 g/mol. The van der Waals surface area contributed by atoms with E-state index in [1.165, 1.54) is 11.6 Å². The zero-order chi connectivity index (χ0) is 16.8. The molecule has 0 saturated heterocycles. The number of urea groups is 1. The fourth-order valence-electron chi connectivity index (χ4n) is 2.27. The molecule has 0 unspecified atom stereocenters. The first-order chi connectivity index (χ1) is 10.9. The van der Waals surface area contributed by atoms with Crippen LogP contribution in [0.4, 0.5) is 14.9 Å². The first-order valence-corrected chi connectivity index (χ1v) is 7.47. The third-order valence-corrected chi connectivity index (χ3v) is 3.32. The lowest BCUT2D eigenvalue weighted by atomic mass is 10.1. The van der Waals surface area contributed by atoms with Crippen LogP contribution in [0.2, 0.25) is 0 Å². The van der Waals surface area contributed by atoms with E-state index in [4.69, 9.17) is 0 Å². The fraction of sp³-hybridized carbons (Fsp3) is 0.278. The van der Waals surface area contributed by atoms with Crippen molar-refractivity contribution >= 4 is 11.7 Å². The van der Waals surface area contributed by atoms with Gasteiger partial charge in [0.25, 0.3) is 0 Å². The molecule has 122 valence electrons. The molecule has 0 aromatic heterocycles. The van der Waals surface area contributed by atoms with Gasteiger partial charge in [0.1, 0.15) is 5.82 Å². The molecule has 0 fully saturated rings. The number of anilines is 1. The molecule has 5 heteroatoms. The van der Waals surface area contributed by atoms with Crippen molar-refractivity contribution in [2.75, 3.05) is 19.4 Å². The third-order valence-electron chi connectivity index (χ3n) is 3.32. The highest BCUT2D eigenvalue weighted by Gasteiger charge is 2.07. The van der Waals surface area contributed by atoms with Gasteiger partial charge < -0.3 is 15.5 Å². The Bertz CT molecular complexity index is 686. The molecule has 0 bridgehead atoms. The molecule has 2 amide bonds. The summed E-state index contributed by atoms with van der Waals surface area (Å²) in [5.41, 5.74) is 3.17. The number of hydrogen-bond donors (Lipinski definition) is 2. The monoisotopic (exact) mass is 315 g/mol. The number of rotatable bonds is 5. The molecule has 2 N–H and O–H groups in total. The molecule has 2 aromatic rings. The topological polar surface area (TPSA) is 44.4 Å². The number of nitrogens with one attached hydrogen (secondary N) is 2. The number of aryl methyl sites for hydroxylation is 1. The van der Waals surface area contributed by atoms with Gasteiger partial charge in [-0.15, -0.1) is 0 Å². The zero-order valence-corrected chi connectivity index (χ0v) is 13.7. The maximum atomic E-state index is 13.7. The summed E-state index contributed by atoms with van der Waals surface area (Å²) in [6.07, 6.45) is 0. The van der Waals surface area contributed by atoms with Crippen LogP contribution in [0, 0.1) is 12.7 Å². The van der Waals surface area contributed by atoms with Gasteiger partial charge in [-0.2, -0.15) is 0 Å². The second-order valence-corrected chi connectivity index (χ2v) is 5.85. The van der Waals surface area contributed by atoms with Gasteiger partial charge in [-0.1, -0.05) is 30.3 Å². The van der Waals surface area contributed by atoms with Crippen molar-refractivity contribution in [3.63, 3.8) is 0 Å². The van der Waals surface area contributed by atoms with Crippen LogP contribution in [0.3, 0.4) is 0 Å². The van der Waals surface area contributed by atoms with Crippen LogP contribution in [-0.4, -0.2) is 25.0 Å². The number of carbonyl (C=O) groups excluding carboxylic acids is 1. The summed E-state index contributed by atoms with van der Waals surface area (Å²) >= 11 is 0. The lowest BCUT2D eigenvalue weighted by Crippen LogP contribution is -2.28. The van der Waals surface area contributed by atoms with Crippen LogP contribution in [-0.2, 0) is 13.1 Å². The van der Waals surface area contributed by atoms with E-state index in [-0.39, 0.29) is 5.69 Å². The summed E-state index contributed by atoms with van der Waals surface area (Å²) in [6.45, 7) is 3.03. The molecule has 4 nitrogen and oxygen atoms in total. The summed E-state index contributed by atoms with van der Waals surface area (Å²) in [5, 5.41) is 5.26. The molecule has 23 heavy (non-hydrogen) atoms. The molecular formula is C18H22FN3O. The average molecular weight is 315 g/mol. The van der Waals surface area contributed by atoms with Crippen molar-refractivity contribution in [3.8, 4) is 0 Å².